The van der Waals surface area contributed by atoms with Crippen LogP contribution in [0, 0.1) is 5.92 Å². The summed E-state index contributed by atoms with van der Waals surface area (Å²) in [4.78, 5) is 34.1. The van der Waals surface area contributed by atoms with E-state index < -0.39 is 0 Å². The molecule has 0 N–H and O–H groups in total. The highest BCUT2D eigenvalue weighted by molar-refractivity contribution is 5.94. The molecule has 0 bridgehead atoms. The van der Waals surface area contributed by atoms with E-state index in [9.17, 15) is 9.59 Å². The molecule has 2 amide bonds. The van der Waals surface area contributed by atoms with Gasteiger partial charge in [0.15, 0.2) is 0 Å². The number of hydrogen-bond acceptors (Lipinski definition) is 4. The summed E-state index contributed by atoms with van der Waals surface area (Å²) in [5.74, 6) is 1.01. The Hall–Kier alpha value is -1.92. The molecule has 0 unspecified atom stereocenters. The van der Waals surface area contributed by atoms with E-state index in [1.807, 2.05) is 35.2 Å². The highest BCUT2D eigenvalue weighted by atomic mass is 16.2. The molecule has 0 aromatic heterocycles. The molecule has 3 fully saturated rings. The molecule has 3 aliphatic heterocycles. The first kappa shape index (κ1) is 19.4. The zero-order chi connectivity index (χ0) is 19.5. The zero-order valence-electron chi connectivity index (χ0n) is 16.9. The summed E-state index contributed by atoms with van der Waals surface area (Å²) in [6, 6.07) is 9.68. The first-order valence-corrected chi connectivity index (χ1v) is 10.7. The molecule has 152 valence electrons. The maximum Gasteiger partial charge on any atom is 0.253 e. The fourth-order valence-electron chi connectivity index (χ4n) is 4.88. The predicted octanol–water partition coefficient (Wildman–Crippen LogP) is 1.39. The smallest absolute Gasteiger partial charge is 0.253 e. The van der Waals surface area contributed by atoms with Crippen molar-refractivity contribution in [1.82, 2.24) is 19.6 Å². The third-order valence-corrected chi connectivity index (χ3v) is 6.60. The molecule has 3 saturated heterocycles. The molecule has 6 nitrogen and oxygen atoms in total. The molecule has 6 heteroatoms. The van der Waals surface area contributed by atoms with Gasteiger partial charge in [0, 0.05) is 51.4 Å². The van der Waals surface area contributed by atoms with Crippen LogP contribution in [0.3, 0.4) is 0 Å². The standard InChI is InChI=1S/C22H32N4O2/c1-23-10-5-8-20(23)22(28)25-14-12-24(13-15-25)16-18-9-11-26(17-18)21(27)19-6-3-2-4-7-19/h2-4,6-7,18,20H,5,8-17H2,1H3/t18-,20-/m0/s1. The van der Waals surface area contributed by atoms with Crippen LogP contribution in [0.5, 0.6) is 0 Å². The van der Waals surface area contributed by atoms with Gasteiger partial charge in [-0.2, -0.15) is 0 Å². The van der Waals surface area contributed by atoms with Gasteiger partial charge in [-0.3, -0.25) is 19.4 Å². The van der Waals surface area contributed by atoms with Gasteiger partial charge in [0.2, 0.25) is 5.91 Å². The molecule has 3 heterocycles. The van der Waals surface area contributed by atoms with E-state index >= 15 is 0 Å². The van der Waals surface area contributed by atoms with E-state index in [2.05, 4.69) is 21.7 Å². The monoisotopic (exact) mass is 384 g/mol. The summed E-state index contributed by atoms with van der Waals surface area (Å²) < 4.78 is 0. The van der Waals surface area contributed by atoms with E-state index in [0.717, 1.165) is 77.2 Å². The Morgan fingerprint density at radius 2 is 1.68 bits per heavy atom. The van der Waals surface area contributed by atoms with Gasteiger partial charge >= 0.3 is 0 Å². The minimum Gasteiger partial charge on any atom is -0.339 e. The quantitative estimate of drug-likeness (QED) is 0.787. The normalized spacial score (nSPS) is 26.8. The maximum absolute atomic E-state index is 12.7. The van der Waals surface area contributed by atoms with E-state index in [0.29, 0.717) is 11.8 Å². The molecule has 1 aromatic carbocycles. The van der Waals surface area contributed by atoms with Gasteiger partial charge in [0.25, 0.3) is 5.91 Å². The molecule has 2 atom stereocenters. The lowest BCUT2D eigenvalue weighted by Gasteiger charge is -2.37. The average molecular weight is 385 g/mol. The predicted molar refractivity (Wildman–Crippen MR) is 109 cm³/mol. The van der Waals surface area contributed by atoms with Crippen molar-refractivity contribution < 1.29 is 9.59 Å². The summed E-state index contributed by atoms with van der Waals surface area (Å²) in [5.41, 5.74) is 0.784. The van der Waals surface area contributed by atoms with E-state index in [1.165, 1.54) is 0 Å². The number of rotatable bonds is 4. The summed E-state index contributed by atoms with van der Waals surface area (Å²) in [7, 11) is 2.06. The van der Waals surface area contributed by atoms with E-state index in [4.69, 9.17) is 0 Å². The highest BCUT2D eigenvalue weighted by Gasteiger charge is 2.34. The van der Waals surface area contributed by atoms with Crippen molar-refractivity contribution in [2.75, 3.05) is 59.4 Å². The molecule has 0 aliphatic carbocycles. The fourth-order valence-corrected chi connectivity index (χ4v) is 4.88. The average Bonchev–Trinajstić information content (AvgIpc) is 3.37. The number of carbonyl (C=O) groups is 2. The number of amides is 2. The first-order valence-electron chi connectivity index (χ1n) is 10.7. The lowest BCUT2D eigenvalue weighted by molar-refractivity contribution is -0.137. The Balaban J connectivity index is 1.22. The first-order chi connectivity index (χ1) is 13.6. The van der Waals surface area contributed by atoms with Crippen molar-refractivity contribution in [3.05, 3.63) is 35.9 Å². The van der Waals surface area contributed by atoms with E-state index in [1.54, 1.807) is 0 Å². The second-order valence-corrected chi connectivity index (χ2v) is 8.54. The zero-order valence-corrected chi connectivity index (χ0v) is 16.9. The van der Waals surface area contributed by atoms with Crippen LogP contribution >= 0.6 is 0 Å². The number of nitrogens with zero attached hydrogens (tertiary/aromatic N) is 4. The lowest BCUT2D eigenvalue weighted by atomic mass is 10.1. The fraction of sp³-hybridized carbons (Fsp3) is 0.636. The van der Waals surface area contributed by atoms with Crippen molar-refractivity contribution in [2.45, 2.75) is 25.3 Å². The topological polar surface area (TPSA) is 47.1 Å². The second kappa shape index (κ2) is 8.62. The molecular weight excluding hydrogens is 352 g/mol. The number of likely N-dealkylation sites (tertiary alicyclic amines) is 2. The van der Waals surface area contributed by atoms with Gasteiger partial charge in [0.05, 0.1) is 6.04 Å². The maximum atomic E-state index is 12.7. The van der Waals surface area contributed by atoms with Crippen LogP contribution in [-0.2, 0) is 4.79 Å². The van der Waals surface area contributed by atoms with Crippen LogP contribution in [0.2, 0.25) is 0 Å². The van der Waals surface area contributed by atoms with Crippen molar-refractivity contribution in [1.29, 1.82) is 0 Å². The minimum atomic E-state index is 0.0962. The third-order valence-electron chi connectivity index (χ3n) is 6.60. The van der Waals surface area contributed by atoms with Crippen LogP contribution in [0.1, 0.15) is 29.6 Å². The van der Waals surface area contributed by atoms with Crippen molar-refractivity contribution >= 4 is 11.8 Å². The van der Waals surface area contributed by atoms with Gasteiger partial charge in [-0.05, 0) is 50.9 Å². The van der Waals surface area contributed by atoms with Crippen molar-refractivity contribution in [2.24, 2.45) is 5.92 Å². The van der Waals surface area contributed by atoms with E-state index in [-0.39, 0.29) is 11.9 Å². The lowest BCUT2D eigenvalue weighted by Crippen LogP contribution is -2.53. The molecular formula is C22H32N4O2. The SMILES string of the molecule is CN1CCC[C@H]1C(=O)N1CCN(C[C@@H]2CCN(C(=O)c3ccccc3)C2)CC1. The molecule has 0 spiro atoms. The highest BCUT2D eigenvalue weighted by Crippen LogP contribution is 2.22. The molecule has 3 aliphatic rings. The van der Waals surface area contributed by atoms with Crippen LogP contribution in [-0.4, -0.2) is 96.9 Å². The molecule has 28 heavy (non-hydrogen) atoms. The number of hydrogen-bond donors (Lipinski definition) is 0. The van der Waals surface area contributed by atoms with Crippen LogP contribution < -0.4 is 0 Å². The van der Waals surface area contributed by atoms with Crippen molar-refractivity contribution in [3.63, 3.8) is 0 Å². The number of likely N-dealkylation sites (N-methyl/N-ethyl adjacent to an activating group) is 1. The van der Waals surface area contributed by atoms with Crippen LogP contribution in [0.4, 0.5) is 0 Å². The molecule has 4 rings (SSSR count). The Morgan fingerprint density at radius 1 is 0.929 bits per heavy atom. The molecule has 0 saturated carbocycles. The summed E-state index contributed by atoms with van der Waals surface area (Å²) in [5, 5.41) is 0. The minimum absolute atomic E-state index is 0.0962. The largest absolute Gasteiger partial charge is 0.339 e. The van der Waals surface area contributed by atoms with Gasteiger partial charge in [-0.25, -0.2) is 0 Å². The van der Waals surface area contributed by atoms with Crippen LogP contribution in [0.25, 0.3) is 0 Å². The Labute approximate surface area is 168 Å². The summed E-state index contributed by atoms with van der Waals surface area (Å²) in [6.07, 6.45) is 3.21. The number of benzene rings is 1. The van der Waals surface area contributed by atoms with Crippen molar-refractivity contribution in [3.8, 4) is 0 Å². The Bertz CT molecular complexity index is 687. The molecule has 0 radical (unpaired) electrons. The summed E-state index contributed by atoms with van der Waals surface area (Å²) >= 11 is 0. The van der Waals surface area contributed by atoms with Gasteiger partial charge in [-0.15, -0.1) is 0 Å². The number of carbonyl (C=O) groups excluding carboxylic acids is 2. The molecule has 1 aromatic rings. The third kappa shape index (κ3) is 4.23. The summed E-state index contributed by atoms with van der Waals surface area (Å²) in [6.45, 7) is 7.34. The Kier molecular flexibility index (Phi) is 5.97. The van der Waals surface area contributed by atoms with Gasteiger partial charge < -0.3 is 9.80 Å². The van der Waals surface area contributed by atoms with Gasteiger partial charge in [-0.1, -0.05) is 18.2 Å². The second-order valence-electron chi connectivity index (χ2n) is 8.54. The number of piperazine rings is 1. The van der Waals surface area contributed by atoms with Crippen LogP contribution in [0.15, 0.2) is 30.3 Å². The Morgan fingerprint density at radius 3 is 2.36 bits per heavy atom. The van der Waals surface area contributed by atoms with Gasteiger partial charge in [0.1, 0.15) is 0 Å².